The van der Waals surface area contributed by atoms with E-state index in [1.54, 1.807) is 44.4 Å². The number of anilines is 1. The predicted octanol–water partition coefficient (Wildman–Crippen LogP) is 1.69. The Morgan fingerprint density at radius 2 is 2.03 bits per heavy atom. The second-order valence-electron chi connectivity index (χ2n) is 9.59. The minimum absolute atomic E-state index is 0.134. The minimum Gasteiger partial charge on any atom is -0.497 e. The molecule has 2 amide bonds. The van der Waals surface area contributed by atoms with E-state index >= 15 is 0 Å². The molecule has 3 fully saturated rings. The van der Waals surface area contributed by atoms with Crippen LogP contribution in [0.2, 0.25) is 0 Å². The van der Waals surface area contributed by atoms with Gasteiger partial charge < -0.3 is 29.5 Å². The fourth-order valence-electron chi connectivity index (χ4n) is 6.24. The van der Waals surface area contributed by atoms with Gasteiger partial charge in [-0.15, -0.1) is 6.58 Å². The highest BCUT2D eigenvalue weighted by Crippen LogP contribution is 2.65. The molecule has 0 aromatic heterocycles. The first-order valence-electron chi connectivity index (χ1n) is 11.6. The first kappa shape index (κ1) is 24.2. The number of amides is 2. The van der Waals surface area contributed by atoms with Gasteiger partial charge >= 0.3 is 5.97 Å². The fraction of sp³-hybridized carbons (Fsp3) is 0.560. The average Bonchev–Trinajstić information content (AvgIpc) is 3.32. The van der Waals surface area contributed by atoms with E-state index in [-0.39, 0.29) is 37.9 Å². The number of ether oxygens (including phenoxy) is 2. The van der Waals surface area contributed by atoms with Crippen molar-refractivity contribution in [2.45, 2.75) is 43.9 Å². The molecule has 0 radical (unpaired) electrons. The monoisotopic (exact) mass is 472 g/mol. The Bertz CT molecular complexity index is 995. The summed E-state index contributed by atoms with van der Waals surface area (Å²) in [6, 6.07) is 5.98. The third-order valence-electron chi connectivity index (χ3n) is 7.83. The van der Waals surface area contributed by atoms with Gasteiger partial charge in [0.1, 0.15) is 23.3 Å². The molecule has 9 heteroatoms. The molecule has 34 heavy (non-hydrogen) atoms. The van der Waals surface area contributed by atoms with Gasteiger partial charge in [0.05, 0.1) is 18.6 Å². The van der Waals surface area contributed by atoms with Crippen LogP contribution >= 0.6 is 0 Å². The molecular weight excluding hydrogens is 440 g/mol. The second-order valence-corrected chi connectivity index (χ2v) is 9.59. The van der Waals surface area contributed by atoms with Crippen molar-refractivity contribution in [1.82, 2.24) is 4.90 Å². The molecule has 0 aliphatic carbocycles. The van der Waals surface area contributed by atoms with Gasteiger partial charge in [0.2, 0.25) is 5.91 Å². The number of rotatable bonds is 9. The Hall–Kier alpha value is -2.91. The van der Waals surface area contributed by atoms with Gasteiger partial charge in [0.25, 0.3) is 5.91 Å². The van der Waals surface area contributed by atoms with Crippen LogP contribution in [-0.4, -0.2) is 76.9 Å². The fourth-order valence-corrected chi connectivity index (χ4v) is 6.24. The number of aliphatic carboxylic acids is 1. The number of benzene rings is 1. The lowest BCUT2D eigenvalue weighted by molar-refractivity contribution is -0.156. The van der Waals surface area contributed by atoms with Crippen molar-refractivity contribution < 1.29 is 34.1 Å². The lowest BCUT2D eigenvalue weighted by Gasteiger charge is -2.37. The summed E-state index contributed by atoms with van der Waals surface area (Å²) in [4.78, 5) is 43.1. The highest BCUT2D eigenvalue weighted by atomic mass is 16.5. The number of aliphatic hydroxyl groups excluding tert-OH is 1. The van der Waals surface area contributed by atoms with Crippen molar-refractivity contribution in [1.29, 1.82) is 0 Å². The quantitative estimate of drug-likeness (QED) is 0.526. The molecule has 0 saturated carbocycles. The van der Waals surface area contributed by atoms with E-state index in [0.717, 1.165) is 0 Å². The number of likely N-dealkylation sites (tertiary alicyclic amines) is 1. The summed E-state index contributed by atoms with van der Waals surface area (Å²) >= 11 is 0. The Morgan fingerprint density at radius 3 is 2.59 bits per heavy atom. The smallest absolute Gasteiger partial charge is 0.310 e. The summed E-state index contributed by atoms with van der Waals surface area (Å²) in [7, 11) is 1.55. The molecule has 1 aromatic rings. The molecule has 1 aromatic carbocycles. The zero-order valence-electron chi connectivity index (χ0n) is 19.8. The number of carbonyl (C=O) groups is 3. The number of hydrogen-bond acceptors (Lipinski definition) is 6. The molecule has 2 bridgehead atoms. The number of carboxylic acids is 1. The van der Waals surface area contributed by atoms with Gasteiger partial charge in [-0.25, -0.2) is 0 Å². The van der Waals surface area contributed by atoms with Gasteiger partial charge in [0.15, 0.2) is 0 Å². The lowest BCUT2D eigenvalue weighted by Crippen LogP contribution is -2.57. The van der Waals surface area contributed by atoms with Crippen LogP contribution < -0.4 is 9.64 Å². The van der Waals surface area contributed by atoms with Crippen LogP contribution in [-0.2, 0) is 19.1 Å². The van der Waals surface area contributed by atoms with Gasteiger partial charge in [-0.3, -0.25) is 14.4 Å². The first-order chi connectivity index (χ1) is 16.2. The highest BCUT2D eigenvalue weighted by Gasteiger charge is 2.80. The zero-order valence-corrected chi connectivity index (χ0v) is 19.8. The Kier molecular flexibility index (Phi) is 6.20. The van der Waals surface area contributed by atoms with Crippen LogP contribution in [0.5, 0.6) is 5.75 Å². The van der Waals surface area contributed by atoms with Crippen molar-refractivity contribution in [3.63, 3.8) is 0 Å². The third-order valence-corrected chi connectivity index (χ3v) is 7.83. The van der Waals surface area contributed by atoms with Crippen molar-refractivity contribution in [2.75, 3.05) is 31.7 Å². The van der Waals surface area contributed by atoms with Gasteiger partial charge in [0, 0.05) is 25.4 Å². The summed E-state index contributed by atoms with van der Waals surface area (Å²) in [5.41, 5.74) is -1.69. The Labute approximate surface area is 198 Å². The predicted molar refractivity (Wildman–Crippen MR) is 123 cm³/mol. The Morgan fingerprint density at radius 1 is 1.35 bits per heavy atom. The molecule has 3 saturated heterocycles. The molecule has 3 unspecified atom stereocenters. The summed E-state index contributed by atoms with van der Waals surface area (Å²) < 4.78 is 11.7. The zero-order chi connectivity index (χ0) is 24.8. The molecule has 2 N–H and O–H groups in total. The van der Waals surface area contributed by atoms with E-state index in [9.17, 15) is 24.6 Å². The number of carbonyl (C=O) groups excluding carboxylic acids is 2. The van der Waals surface area contributed by atoms with Crippen LogP contribution in [0.3, 0.4) is 0 Å². The van der Waals surface area contributed by atoms with Crippen molar-refractivity contribution in [2.24, 2.45) is 17.8 Å². The van der Waals surface area contributed by atoms with E-state index < -0.39 is 41.0 Å². The molecule has 3 aliphatic rings. The van der Waals surface area contributed by atoms with Crippen LogP contribution in [0.15, 0.2) is 36.9 Å². The number of methoxy groups -OCH3 is 1. The molecule has 3 aliphatic heterocycles. The standard InChI is InChI=1S/C25H32N2O7/c1-5-11-26(16-7-9-17(33-4)10-8-16)22(30)20-25-14-15(2)24(3,34-25)19(23(31)32)18(25)21(29)27(20)12-6-13-28/h5,7-10,15,18-20,28H,1,6,11-14H2,2-4H3,(H,31,32)/t15?,18-,19+,20?,24-,25?/m0/s1. The SMILES string of the molecule is C=CCN(C(=O)C1N(CCCO)C(=O)[C@@H]2[C@H](C(=O)O)[C@@]3(C)OC12CC3C)c1ccc(OC)cc1. The largest absolute Gasteiger partial charge is 0.497 e. The molecule has 1 spiro atoms. The maximum absolute atomic E-state index is 14.2. The maximum atomic E-state index is 14.2. The highest BCUT2D eigenvalue weighted by molar-refractivity contribution is 6.04. The van der Waals surface area contributed by atoms with Crippen molar-refractivity contribution in [3.8, 4) is 5.75 Å². The number of carboxylic acid groups (broad SMARTS) is 1. The second kappa shape index (κ2) is 8.70. The molecule has 6 atom stereocenters. The first-order valence-corrected chi connectivity index (χ1v) is 11.6. The minimum atomic E-state index is -1.24. The van der Waals surface area contributed by atoms with E-state index in [2.05, 4.69) is 6.58 Å². The lowest BCUT2D eigenvalue weighted by atomic mass is 9.62. The molecule has 9 nitrogen and oxygen atoms in total. The number of fused-ring (bicyclic) bond motifs is 1. The van der Waals surface area contributed by atoms with Gasteiger partial charge in [-0.05, 0) is 49.9 Å². The van der Waals surface area contributed by atoms with Crippen molar-refractivity contribution in [3.05, 3.63) is 36.9 Å². The van der Waals surface area contributed by atoms with Crippen LogP contribution in [0, 0.1) is 17.8 Å². The normalized spacial score (nSPS) is 33.6. The van der Waals surface area contributed by atoms with Gasteiger partial charge in [-0.2, -0.15) is 0 Å². The average molecular weight is 473 g/mol. The van der Waals surface area contributed by atoms with Crippen LogP contribution in [0.1, 0.15) is 26.7 Å². The van der Waals surface area contributed by atoms with E-state index in [1.165, 1.54) is 9.80 Å². The number of hydrogen-bond donors (Lipinski definition) is 2. The number of aliphatic hydroxyl groups is 1. The summed E-state index contributed by atoms with van der Waals surface area (Å²) in [6.07, 6.45) is 2.27. The maximum Gasteiger partial charge on any atom is 0.310 e. The van der Waals surface area contributed by atoms with E-state index in [4.69, 9.17) is 9.47 Å². The molecule has 4 rings (SSSR count). The van der Waals surface area contributed by atoms with Crippen LogP contribution in [0.4, 0.5) is 5.69 Å². The van der Waals surface area contributed by atoms with Crippen molar-refractivity contribution >= 4 is 23.5 Å². The molecule has 3 heterocycles. The van der Waals surface area contributed by atoms with E-state index in [0.29, 0.717) is 17.9 Å². The third kappa shape index (κ3) is 3.32. The summed E-state index contributed by atoms with van der Waals surface area (Å²) in [6.45, 7) is 7.60. The topological polar surface area (TPSA) is 117 Å². The van der Waals surface area contributed by atoms with E-state index in [1.807, 2.05) is 6.92 Å². The summed E-state index contributed by atoms with van der Waals surface area (Å²) in [5.74, 6) is -3.38. The summed E-state index contributed by atoms with van der Waals surface area (Å²) in [5, 5.41) is 19.5. The molecule has 184 valence electrons. The molecular formula is C25H32N2O7. The van der Waals surface area contributed by atoms with Gasteiger partial charge in [-0.1, -0.05) is 13.0 Å². The van der Waals surface area contributed by atoms with Crippen LogP contribution in [0.25, 0.3) is 0 Å². The Balaban J connectivity index is 1.80. The number of nitrogens with zero attached hydrogens (tertiary/aromatic N) is 2.